The Morgan fingerprint density at radius 1 is 1.31 bits per heavy atom. The summed E-state index contributed by atoms with van der Waals surface area (Å²) in [7, 11) is 0. The summed E-state index contributed by atoms with van der Waals surface area (Å²) >= 11 is 2.68. The Morgan fingerprint density at radius 2 is 1.81 bits per heavy atom. The first-order chi connectivity index (χ1) is 7.47. The molecule has 2 atom stereocenters. The Morgan fingerprint density at radius 3 is 2.25 bits per heavy atom. The monoisotopic (exact) mass is 291 g/mol. The average Bonchev–Trinajstić information content (AvgIpc) is 2.24. The van der Waals surface area contributed by atoms with Gasteiger partial charge in [0.2, 0.25) is 0 Å². The molecule has 0 aromatic heterocycles. The minimum atomic E-state index is -1.49. The Kier molecular flexibility index (Phi) is 4.35. The first-order valence-electron chi connectivity index (χ1n) is 4.35. The van der Waals surface area contributed by atoms with Crippen molar-refractivity contribution in [3.05, 3.63) is 33.8 Å². The molecule has 2 unspecified atom stereocenters. The van der Waals surface area contributed by atoms with E-state index >= 15 is 0 Å². The molecule has 1 aromatic rings. The van der Waals surface area contributed by atoms with Crippen molar-refractivity contribution < 1.29 is 19.0 Å². The summed E-state index contributed by atoms with van der Waals surface area (Å²) in [6.07, 6.45) is -3.18. The van der Waals surface area contributed by atoms with E-state index < -0.39 is 23.8 Å². The Bertz CT molecular complexity index is 410. The Hall–Kier alpha value is -1.03. The summed E-state index contributed by atoms with van der Waals surface area (Å²) in [6.45, 7) is 0. The molecule has 2 N–H and O–H groups in total. The second kappa shape index (κ2) is 5.34. The molecular formula is C10H8BrF2NO2. The molecule has 0 fully saturated rings. The quantitative estimate of drug-likeness (QED) is 0.838. The molecule has 0 bridgehead atoms. The van der Waals surface area contributed by atoms with Gasteiger partial charge in [0.15, 0.2) is 0 Å². The van der Waals surface area contributed by atoms with Crippen LogP contribution in [0.2, 0.25) is 0 Å². The number of nitrogens with zero attached hydrogens (tertiary/aromatic N) is 1. The lowest BCUT2D eigenvalue weighted by Gasteiger charge is -2.16. The topological polar surface area (TPSA) is 64.2 Å². The van der Waals surface area contributed by atoms with Crippen LogP contribution in [-0.2, 0) is 0 Å². The van der Waals surface area contributed by atoms with Crippen LogP contribution in [0.1, 0.15) is 18.1 Å². The van der Waals surface area contributed by atoms with Gasteiger partial charge in [-0.05, 0) is 33.6 Å². The molecule has 0 amide bonds. The van der Waals surface area contributed by atoms with Crippen molar-refractivity contribution >= 4 is 15.9 Å². The zero-order valence-electron chi connectivity index (χ0n) is 7.99. The maximum atomic E-state index is 13.1. The molecule has 6 heteroatoms. The summed E-state index contributed by atoms with van der Waals surface area (Å²) in [4.78, 5) is 0. The van der Waals surface area contributed by atoms with Gasteiger partial charge in [-0.1, -0.05) is 0 Å². The summed E-state index contributed by atoms with van der Waals surface area (Å²) in [5.74, 6) is -1.75. The highest BCUT2D eigenvalue weighted by Crippen LogP contribution is 2.26. The molecule has 0 heterocycles. The second-order valence-electron chi connectivity index (χ2n) is 3.17. The number of aliphatic hydroxyl groups is 2. The first kappa shape index (κ1) is 13.0. The lowest BCUT2D eigenvalue weighted by Crippen LogP contribution is -2.17. The highest BCUT2D eigenvalue weighted by atomic mass is 79.9. The van der Waals surface area contributed by atoms with Crippen LogP contribution in [0.15, 0.2) is 16.6 Å². The lowest BCUT2D eigenvalue weighted by atomic mass is 10.0. The van der Waals surface area contributed by atoms with Crippen molar-refractivity contribution in [3.63, 3.8) is 0 Å². The number of benzene rings is 1. The van der Waals surface area contributed by atoms with Crippen LogP contribution in [0.3, 0.4) is 0 Å². The summed E-state index contributed by atoms with van der Waals surface area (Å²) < 4.78 is 25.9. The predicted octanol–water partition coefficient (Wildman–Crippen LogP) is 2.04. The van der Waals surface area contributed by atoms with Gasteiger partial charge in [-0.3, -0.25) is 0 Å². The van der Waals surface area contributed by atoms with Crippen LogP contribution in [0.4, 0.5) is 8.78 Å². The maximum Gasteiger partial charge on any atom is 0.140 e. The largest absolute Gasteiger partial charge is 0.389 e. The van der Waals surface area contributed by atoms with Crippen molar-refractivity contribution in [2.24, 2.45) is 0 Å². The fourth-order valence-corrected chi connectivity index (χ4v) is 1.40. The smallest absolute Gasteiger partial charge is 0.140 e. The van der Waals surface area contributed by atoms with Crippen LogP contribution in [0, 0.1) is 23.0 Å². The van der Waals surface area contributed by atoms with Crippen LogP contribution < -0.4 is 0 Å². The van der Waals surface area contributed by atoms with Crippen LogP contribution in [0.5, 0.6) is 0 Å². The van der Waals surface area contributed by atoms with Crippen LogP contribution in [0.25, 0.3) is 0 Å². The third kappa shape index (κ3) is 2.76. The zero-order valence-corrected chi connectivity index (χ0v) is 9.58. The van der Waals surface area contributed by atoms with Gasteiger partial charge < -0.3 is 10.2 Å². The van der Waals surface area contributed by atoms with E-state index in [4.69, 9.17) is 5.26 Å². The van der Waals surface area contributed by atoms with Gasteiger partial charge in [-0.15, -0.1) is 0 Å². The number of halogens is 3. The van der Waals surface area contributed by atoms with Crippen molar-refractivity contribution in [2.75, 3.05) is 0 Å². The number of hydrogen-bond donors (Lipinski definition) is 2. The molecule has 0 aliphatic rings. The van der Waals surface area contributed by atoms with Crippen molar-refractivity contribution in [1.29, 1.82) is 5.26 Å². The van der Waals surface area contributed by atoms with Gasteiger partial charge in [0.1, 0.15) is 17.7 Å². The van der Waals surface area contributed by atoms with E-state index in [1.807, 2.05) is 0 Å². The summed E-state index contributed by atoms with van der Waals surface area (Å²) in [5.41, 5.74) is -0.110. The lowest BCUT2D eigenvalue weighted by molar-refractivity contribution is 0.0213. The number of hydrogen-bond acceptors (Lipinski definition) is 3. The molecule has 1 aromatic carbocycles. The van der Waals surface area contributed by atoms with Crippen molar-refractivity contribution in [2.45, 2.75) is 18.6 Å². The van der Waals surface area contributed by atoms with E-state index in [2.05, 4.69) is 15.9 Å². The van der Waals surface area contributed by atoms with Crippen molar-refractivity contribution in [3.8, 4) is 6.07 Å². The first-order valence-corrected chi connectivity index (χ1v) is 5.14. The third-order valence-electron chi connectivity index (χ3n) is 2.01. The molecule has 0 radical (unpaired) electrons. The molecule has 3 nitrogen and oxygen atoms in total. The number of nitriles is 1. The van der Waals surface area contributed by atoms with Crippen LogP contribution >= 0.6 is 15.9 Å². The van der Waals surface area contributed by atoms with Gasteiger partial charge in [0, 0.05) is 0 Å². The van der Waals surface area contributed by atoms with E-state index in [0.29, 0.717) is 0 Å². The minimum absolute atomic E-state index is 0.110. The fraction of sp³-hybridized carbons (Fsp3) is 0.300. The zero-order chi connectivity index (χ0) is 12.3. The van der Waals surface area contributed by atoms with Gasteiger partial charge in [-0.2, -0.15) is 5.26 Å². The minimum Gasteiger partial charge on any atom is -0.389 e. The predicted molar refractivity (Wildman–Crippen MR) is 55.3 cm³/mol. The van der Waals surface area contributed by atoms with E-state index in [1.54, 1.807) is 6.07 Å². The van der Waals surface area contributed by atoms with Gasteiger partial charge >= 0.3 is 0 Å². The number of aliphatic hydroxyl groups excluding tert-OH is 2. The van der Waals surface area contributed by atoms with Crippen LogP contribution in [-0.4, -0.2) is 16.3 Å². The summed E-state index contributed by atoms with van der Waals surface area (Å²) in [6, 6.07) is 3.45. The molecule has 0 aliphatic carbocycles. The van der Waals surface area contributed by atoms with Gasteiger partial charge in [0.25, 0.3) is 0 Å². The van der Waals surface area contributed by atoms with Gasteiger partial charge in [-0.25, -0.2) is 8.78 Å². The highest BCUT2D eigenvalue weighted by molar-refractivity contribution is 9.10. The Labute approximate surface area is 99.1 Å². The molecular weight excluding hydrogens is 284 g/mol. The second-order valence-corrected chi connectivity index (χ2v) is 3.97. The van der Waals surface area contributed by atoms with E-state index in [9.17, 15) is 19.0 Å². The molecule has 86 valence electrons. The fourth-order valence-electron chi connectivity index (χ4n) is 1.17. The van der Waals surface area contributed by atoms with E-state index in [-0.39, 0.29) is 16.5 Å². The average molecular weight is 292 g/mol. The Balaban J connectivity index is 3.01. The normalized spacial score (nSPS) is 14.2. The highest BCUT2D eigenvalue weighted by Gasteiger charge is 2.20. The maximum absolute atomic E-state index is 13.1. The van der Waals surface area contributed by atoms with E-state index in [1.165, 1.54) is 0 Å². The molecule has 0 aliphatic heterocycles. The third-order valence-corrected chi connectivity index (χ3v) is 2.77. The van der Waals surface area contributed by atoms with E-state index in [0.717, 1.165) is 12.1 Å². The molecule has 16 heavy (non-hydrogen) atoms. The standard InChI is InChI=1S/C10H8BrF2NO2/c11-9-6(12)3-5(4-7(9)13)10(16)8(15)1-2-14/h3-4,8,10,15-16H,1H2. The number of rotatable bonds is 3. The molecule has 1 rings (SSSR count). The molecule has 0 saturated carbocycles. The SMILES string of the molecule is N#CCC(O)C(O)c1cc(F)c(Br)c(F)c1. The summed E-state index contributed by atoms with van der Waals surface area (Å²) in [5, 5.41) is 27.1. The molecule has 0 spiro atoms. The van der Waals surface area contributed by atoms with Gasteiger partial charge in [0.05, 0.1) is 23.1 Å². The van der Waals surface area contributed by atoms with Crippen molar-refractivity contribution in [1.82, 2.24) is 0 Å². The molecule has 0 saturated heterocycles.